The first-order valence-corrected chi connectivity index (χ1v) is 8.48. The maximum absolute atomic E-state index is 12.4. The number of rotatable bonds is 5. The van der Waals surface area contributed by atoms with Crippen LogP contribution in [-0.4, -0.2) is 23.3 Å². The van der Waals surface area contributed by atoms with Crippen molar-refractivity contribution in [3.8, 4) is 0 Å². The van der Waals surface area contributed by atoms with Crippen LogP contribution in [0.1, 0.15) is 40.3 Å². The number of carbonyl (C=O) groups is 2. The number of hydrogen-bond donors (Lipinski definition) is 2. The van der Waals surface area contributed by atoms with E-state index in [1.807, 2.05) is 39.0 Å². The Balaban J connectivity index is 2.11. The van der Waals surface area contributed by atoms with Crippen LogP contribution in [0.4, 0.5) is 5.69 Å². The summed E-state index contributed by atoms with van der Waals surface area (Å²) in [6, 6.07) is 8.64. The number of pyridine rings is 1. The lowest BCUT2D eigenvalue weighted by Gasteiger charge is -2.09. The predicted molar refractivity (Wildman–Crippen MR) is 98.2 cm³/mol. The zero-order valence-electron chi connectivity index (χ0n) is 13.9. The van der Waals surface area contributed by atoms with E-state index in [2.05, 4.69) is 31.5 Å². The minimum Gasteiger partial charge on any atom is -0.350 e. The van der Waals surface area contributed by atoms with Crippen LogP contribution < -0.4 is 10.6 Å². The van der Waals surface area contributed by atoms with Crippen molar-refractivity contribution in [1.82, 2.24) is 10.3 Å². The lowest BCUT2D eigenvalue weighted by atomic mass is 10.1. The van der Waals surface area contributed by atoms with Crippen molar-refractivity contribution in [2.75, 3.05) is 11.9 Å². The third kappa shape index (κ3) is 4.89. The van der Waals surface area contributed by atoms with Crippen LogP contribution in [0.3, 0.4) is 0 Å². The van der Waals surface area contributed by atoms with Gasteiger partial charge in [0.1, 0.15) is 5.69 Å². The molecule has 1 aromatic carbocycles. The molecule has 6 heteroatoms. The Bertz CT molecular complexity index is 760. The third-order valence-electron chi connectivity index (χ3n) is 3.34. The van der Waals surface area contributed by atoms with E-state index in [4.69, 9.17) is 0 Å². The summed E-state index contributed by atoms with van der Waals surface area (Å²) < 4.78 is 0.980. The summed E-state index contributed by atoms with van der Waals surface area (Å²) in [5.74, 6) is -0.212. The molecule has 0 unspecified atom stereocenters. The highest BCUT2D eigenvalue weighted by Gasteiger charge is 2.12. The molecule has 0 aliphatic carbocycles. The lowest BCUT2D eigenvalue weighted by molar-refractivity contribution is 0.0944. The van der Waals surface area contributed by atoms with Crippen molar-refractivity contribution in [3.63, 3.8) is 0 Å². The van der Waals surface area contributed by atoms with Gasteiger partial charge in [0, 0.05) is 28.5 Å². The first-order chi connectivity index (χ1) is 11.4. The van der Waals surface area contributed by atoms with E-state index in [0.29, 0.717) is 23.7 Å². The molecule has 0 radical (unpaired) electrons. The quantitative estimate of drug-likeness (QED) is 0.816. The fourth-order valence-corrected chi connectivity index (χ4v) is 2.26. The normalized spacial score (nSPS) is 10.5. The number of nitrogens with one attached hydrogen (secondary N) is 2. The average Bonchev–Trinajstić information content (AvgIpc) is 2.56. The minimum atomic E-state index is -0.281. The smallest absolute Gasteiger partial charge is 0.269 e. The standard InChI is InChI=1S/C18H20BrN3O2/c1-11(2)10-21-18(24)16-9-13(6-7-20-16)17(23)22-14-4-5-15(19)12(3)8-14/h4-9,11H,10H2,1-3H3,(H,21,24)(H,22,23). The summed E-state index contributed by atoms with van der Waals surface area (Å²) in [5.41, 5.74) is 2.34. The third-order valence-corrected chi connectivity index (χ3v) is 4.23. The van der Waals surface area contributed by atoms with E-state index < -0.39 is 0 Å². The van der Waals surface area contributed by atoms with Gasteiger partial charge in [0.15, 0.2) is 0 Å². The number of aromatic nitrogens is 1. The van der Waals surface area contributed by atoms with Gasteiger partial charge in [0.2, 0.25) is 0 Å². The molecule has 0 atom stereocenters. The number of aryl methyl sites for hydroxylation is 1. The molecule has 0 bridgehead atoms. The Morgan fingerprint density at radius 1 is 1.17 bits per heavy atom. The van der Waals surface area contributed by atoms with Crippen molar-refractivity contribution in [3.05, 3.63) is 57.8 Å². The number of amides is 2. The molecular weight excluding hydrogens is 370 g/mol. The zero-order chi connectivity index (χ0) is 17.7. The van der Waals surface area contributed by atoms with E-state index in [0.717, 1.165) is 10.0 Å². The number of hydrogen-bond acceptors (Lipinski definition) is 3. The van der Waals surface area contributed by atoms with Crippen LogP contribution in [0.5, 0.6) is 0 Å². The summed E-state index contributed by atoms with van der Waals surface area (Å²) in [7, 11) is 0. The summed E-state index contributed by atoms with van der Waals surface area (Å²) in [6.45, 7) is 6.54. The minimum absolute atomic E-state index is 0.232. The van der Waals surface area contributed by atoms with Crippen molar-refractivity contribution >= 4 is 33.4 Å². The second kappa shape index (κ2) is 8.06. The Labute approximate surface area is 150 Å². The van der Waals surface area contributed by atoms with E-state index in [1.54, 1.807) is 6.07 Å². The van der Waals surface area contributed by atoms with Crippen molar-refractivity contribution in [1.29, 1.82) is 0 Å². The lowest BCUT2D eigenvalue weighted by Crippen LogP contribution is -2.28. The molecule has 0 fully saturated rings. The first kappa shape index (κ1) is 18.1. The van der Waals surface area contributed by atoms with E-state index in [9.17, 15) is 9.59 Å². The largest absolute Gasteiger partial charge is 0.350 e. The van der Waals surface area contributed by atoms with Gasteiger partial charge < -0.3 is 10.6 Å². The SMILES string of the molecule is Cc1cc(NC(=O)c2ccnc(C(=O)NCC(C)C)c2)ccc1Br. The highest BCUT2D eigenvalue weighted by Crippen LogP contribution is 2.20. The number of halogens is 1. The molecule has 0 aliphatic rings. The Morgan fingerprint density at radius 3 is 2.58 bits per heavy atom. The highest BCUT2D eigenvalue weighted by molar-refractivity contribution is 9.10. The summed E-state index contributed by atoms with van der Waals surface area (Å²) in [4.78, 5) is 28.5. The van der Waals surface area contributed by atoms with Crippen molar-refractivity contribution in [2.24, 2.45) is 5.92 Å². The fourth-order valence-electron chi connectivity index (χ4n) is 2.01. The summed E-state index contributed by atoms with van der Waals surface area (Å²) >= 11 is 3.43. The van der Waals surface area contributed by atoms with E-state index in [1.165, 1.54) is 12.3 Å². The Kier molecular flexibility index (Phi) is 6.09. The number of nitrogens with zero attached hydrogens (tertiary/aromatic N) is 1. The van der Waals surface area contributed by atoms with E-state index in [-0.39, 0.29) is 17.5 Å². The molecule has 0 saturated carbocycles. The molecule has 0 saturated heterocycles. The van der Waals surface area contributed by atoms with Crippen LogP contribution in [0.2, 0.25) is 0 Å². The van der Waals surface area contributed by atoms with Crippen LogP contribution in [0.15, 0.2) is 41.0 Å². The monoisotopic (exact) mass is 389 g/mol. The Hall–Kier alpha value is -2.21. The zero-order valence-corrected chi connectivity index (χ0v) is 15.5. The molecule has 24 heavy (non-hydrogen) atoms. The predicted octanol–water partition coefficient (Wildman–Crippen LogP) is 3.79. The molecular formula is C18H20BrN3O2. The average molecular weight is 390 g/mol. The van der Waals surface area contributed by atoms with Crippen LogP contribution >= 0.6 is 15.9 Å². The van der Waals surface area contributed by atoms with Gasteiger partial charge in [-0.05, 0) is 48.7 Å². The van der Waals surface area contributed by atoms with Gasteiger partial charge in [-0.3, -0.25) is 14.6 Å². The van der Waals surface area contributed by atoms with Crippen LogP contribution in [-0.2, 0) is 0 Å². The van der Waals surface area contributed by atoms with Crippen molar-refractivity contribution < 1.29 is 9.59 Å². The number of anilines is 1. The van der Waals surface area contributed by atoms with E-state index >= 15 is 0 Å². The summed E-state index contributed by atoms with van der Waals surface area (Å²) in [5, 5.41) is 5.61. The molecule has 2 amide bonds. The topological polar surface area (TPSA) is 71.1 Å². The van der Waals surface area contributed by atoms with Gasteiger partial charge in [-0.1, -0.05) is 29.8 Å². The molecule has 0 aliphatic heterocycles. The second-order valence-corrected chi connectivity index (χ2v) is 6.81. The van der Waals surface area contributed by atoms with Crippen LogP contribution in [0, 0.1) is 12.8 Å². The number of benzene rings is 1. The maximum Gasteiger partial charge on any atom is 0.269 e. The van der Waals surface area contributed by atoms with Gasteiger partial charge in [-0.2, -0.15) is 0 Å². The molecule has 2 rings (SSSR count). The molecule has 126 valence electrons. The molecule has 2 N–H and O–H groups in total. The summed E-state index contributed by atoms with van der Waals surface area (Å²) in [6.07, 6.45) is 1.46. The van der Waals surface area contributed by atoms with Crippen LogP contribution in [0.25, 0.3) is 0 Å². The number of carbonyl (C=O) groups excluding carboxylic acids is 2. The highest BCUT2D eigenvalue weighted by atomic mass is 79.9. The van der Waals surface area contributed by atoms with Gasteiger partial charge in [-0.15, -0.1) is 0 Å². The fraction of sp³-hybridized carbons (Fsp3) is 0.278. The van der Waals surface area contributed by atoms with Gasteiger partial charge in [0.05, 0.1) is 0 Å². The van der Waals surface area contributed by atoms with Crippen molar-refractivity contribution in [2.45, 2.75) is 20.8 Å². The van der Waals surface area contributed by atoms with Gasteiger partial charge in [-0.25, -0.2) is 0 Å². The van der Waals surface area contributed by atoms with Gasteiger partial charge >= 0.3 is 0 Å². The molecule has 0 spiro atoms. The molecule has 2 aromatic rings. The second-order valence-electron chi connectivity index (χ2n) is 5.95. The Morgan fingerprint density at radius 2 is 1.92 bits per heavy atom. The van der Waals surface area contributed by atoms with Gasteiger partial charge in [0.25, 0.3) is 11.8 Å². The molecule has 5 nitrogen and oxygen atoms in total. The maximum atomic E-state index is 12.4. The molecule has 1 heterocycles. The first-order valence-electron chi connectivity index (χ1n) is 7.68. The molecule has 1 aromatic heterocycles.